The van der Waals surface area contributed by atoms with E-state index in [-0.39, 0.29) is 11.7 Å². The molecule has 2 aliphatic rings. The van der Waals surface area contributed by atoms with Gasteiger partial charge in [-0.3, -0.25) is 4.79 Å². The normalized spacial score (nSPS) is 17.5. The van der Waals surface area contributed by atoms with E-state index < -0.39 is 0 Å². The molecule has 148 valence electrons. The fourth-order valence-electron chi connectivity index (χ4n) is 4.14. The topological polar surface area (TPSA) is 53.8 Å². The Hall–Kier alpha value is -2.54. The summed E-state index contributed by atoms with van der Waals surface area (Å²) in [4.78, 5) is 28.0. The van der Waals surface area contributed by atoms with Gasteiger partial charge in [0.05, 0.1) is 45.0 Å². The summed E-state index contributed by atoms with van der Waals surface area (Å²) < 4.78 is 13.5. The van der Waals surface area contributed by atoms with Crippen molar-refractivity contribution in [1.29, 1.82) is 0 Å². The smallest absolute Gasteiger partial charge is 0.254 e. The number of likely N-dealkylation sites (N-methyl/N-ethyl adjacent to an activating group) is 1. The number of nitrogens with one attached hydrogen (secondary N) is 1. The highest BCUT2D eigenvalue weighted by Crippen LogP contribution is 2.27. The lowest BCUT2D eigenvalue weighted by Gasteiger charge is -2.36. The number of rotatable bonds is 3. The fourth-order valence-corrected chi connectivity index (χ4v) is 4.14. The number of piperazine rings is 1. The summed E-state index contributed by atoms with van der Waals surface area (Å²) in [5.74, 6) is 1.22. The maximum absolute atomic E-state index is 13.5. The average Bonchev–Trinajstić information content (AvgIpc) is 2.72. The highest BCUT2D eigenvalue weighted by atomic mass is 19.1. The second kappa shape index (κ2) is 7.83. The minimum absolute atomic E-state index is 0.142. The van der Waals surface area contributed by atoms with Gasteiger partial charge >= 0.3 is 0 Å². The number of carbonyl (C=O) groups excluding carboxylic acids is 1. The molecular weight excluding hydrogens is 357 g/mol. The minimum Gasteiger partial charge on any atom is -0.345 e. The van der Waals surface area contributed by atoms with Gasteiger partial charge in [-0.25, -0.2) is 14.4 Å². The third-order valence-corrected chi connectivity index (χ3v) is 5.78. The van der Waals surface area contributed by atoms with E-state index in [2.05, 4.69) is 16.8 Å². The number of benzene rings is 1. The Bertz CT molecular complexity index is 879. The van der Waals surface area contributed by atoms with Crippen molar-refractivity contribution in [2.75, 3.05) is 44.2 Å². The van der Waals surface area contributed by atoms with Crippen LogP contribution in [0.4, 0.5) is 10.2 Å². The van der Waals surface area contributed by atoms with Gasteiger partial charge in [-0.05, 0) is 32.0 Å². The van der Waals surface area contributed by atoms with Crippen LogP contribution in [0.25, 0.3) is 0 Å². The van der Waals surface area contributed by atoms with Crippen molar-refractivity contribution in [3.63, 3.8) is 0 Å². The zero-order chi connectivity index (χ0) is 19.7. The van der Waals surface area contributed by atoms with Gasteiger partial charge in [0, 0.05) is 24.1 Å². The molecule has 0 atom stereocenters. The van der Waals surface area contributed by atoms with Gasteiger partial charge in [0.25, 0.3) is 5.91 Å². The monoisotopic (exact) mass is 384 g/mol. The summed E-state index contributed by atoms with van der Waals surface area (Å²) in [6.07, 6.45) is 0.701. The number of fused-ring (bicyclic) bond motifs is 1. The zero-order valence-electron chi connectivity index (χ0n) is 16.5. The molecule has 0 saturated carbocycles. The molecule has 0 bridgehead atoms. The fraction of sp³-hybridized carbons (Fsp3) is 0.476. The van der Waals surface area contributed by atoms with Crippen LogP contribution in [0, 0.1) is 12.7 Å². The van der Waals surface area contributed by atoms with Crippen molar-refractivity contribution in [2.24, 2.45) is 0 Å². The van der Waals surface area contributed by atoms with E-state index in [1.165, 1.54) is 12.1 Å². The van der Waals surface area contributed by atoms with Crippen LogP contribution in [-0.4, -0.2) is 60.0 Å². The van der Waals surface area contributed by atoms with Crippen molar-refractivity contribution >= 4 is 11.7 Å². The Morgan fingerprint density at radius 3 is 2.71 bits per heavy atom. The number of hydrogen-bond acceptors (Lipinski definition) is 4. The van der Waals surface area contributed by atoms with Crippen LogP contribution in [-0.2, 0) is 13.0 Å². The second-order valence-corrected chi connectivity index (χ2v) is 7.60. The van der Waals surface area contributed by atoms with Gasteiger partial charge in [-0.2, -0.15) is 0 Å². The zero-order valence-corrected chi connectivity index (χ0v) is 16.5. The molecule has 1 fully saturated rings. The maximum Gasteiger partial charge on any atom is 0.254 e. The third-order valence-electron chi connectivity index (χ3n) is 5.78. The molecule has 7 heteroatoms. The standard InChI is InChI=1S/C21H26FN5O/c1-3-25-9-11-26(12-10-25)20-18-14-27(8-7-19(18)23-15(2)24-20)21(28)16-5-4-6-17(22)13-16/h4-6,13H,3,7-12,14H2,1-2H3/p+1. The first-order chi connectivity index (χ1) is 13.5. The summed E-state index contributed by atoms with van der Waals surface area (Å²) in [7, 11) is 0. The lowest BCUT2D eigenvalue weighted by atomic mass is 10.0. The highest BCUT2D eigenvalue weighted by Gasteiger charge is 2.29. The molecule has 3 heterocycles. The lowest BCUT2D eigenvalue weighted by Crippen LogP contribution is -3.14. The highest BCUT2D eigenvalue weighted by molar-refractivity contribution is 5.94. The first-order valence-corrected chi connectivity index (χ1v) is 10.0. The van der Waals surface area contributed by atoms with E-state index in [0.29, 0.717) is 25.1 Å². The van der Waals surface area contributed by atoms with E-state index in [9.17, 15) is 9.18 Å². The number of aromatic nitrogens is 2. The van der Waals surface area contributed by atoms with E-state index in [1.54, 1.807) is 21.9 Å². The largest absolute Gasteiger partial charge is 0.345 e. The third kappa shape index (κ3) is 3.71. The molecular formula is C21H27FN5O+. The molecule has 0 aliphatic carbocycles. The molecule has 4 rings (SSSR count). The van der Waals surface area contributed by atoms with Crippen LogP contribution in [0.15, 0.2) is 24.3 Å². The molecule has 1 aromatic carbocycles. The summed E-state index contributed by atoms with van der Waals surface area (Å²) in [6.45, 7) is 10.5. The van der Waals surface area contributed by atoms with Crippen LogP contribution in [0.3, 0.4) is 0 Å². The Morgan fingerprint density at radius 2 is 2.00 bits per heavy atom. The van der Waals surface area contributed by atoms with Crippen LogP contribution in [0.1, 0.15) is 34.4 Å². The molecule has 2 aromatic rings. The predicted molar refractivity (Wildman–Crippen MR) is 105 cm³/mol. The number of hydrogen-bond donors (Lipinski definition) is 1. The van der Waals surface area contributed by atoms with Gasteiger partial charge in [-0.1, -0.05) is 6.07 Å². The van der Waals surface area contributed by atoms with Crippen LogP contribution >= 0.6 is 0 Å². The maximum atomic E-state index is 13.5. The Labute approximate surface area is 165 Å². The Balaban J connectivity index is 1.60. The minimum atomic E-state index is -0.390. The summed E-state index contributed by atoms with van der Waals surface area (Å²) in [6, 6.07) is 5.90. The second-order valence-electron chi connectivity index (χ2n) is 7.60. The molecule has 1 saturated heterocycles. The average molecular weight is 384 g/mol. The van der Waals surface area contributed by atoms with Gasteiger partial charge < -0.3 is 14.7 Å². The first-order valence-electron chi connectivity index (χ1n) is 10.0. The molecule has 1 aromatic heterocycles. The van der Waals surface area contributed by atoms with Gasteiger partial charge in [0.2, 0.25) is 0 Å². The van der Waals surface area contributed by atoms with Crippen molar-refractivity contribution < 1.29 is 14.1 Å². The summed E-state index contributed by atoms with van der Waals surface area (Å²) in [5, 5.41) is 0. The molecule has 2 aliphatic heterocycles. The quantitative estimate of drug-likeness (QED) is 0.853. The Morgan fingerprint density at radius 1 is 1.21 bits per heavy atom. The summed E-state index contributed by atoms with van der Waals surface area (Å²) in [5.41, 5.74) is 2.47. The van der Waals surface area contributed by atoms with Crippen molar-refractivity contribution in [3.8, 4) is 0 Å². The van der Waals surface area contributed by atoms with Crippen molar-refractivity contribution in [2.45, 2.75) is 26.8 Å². The van der Waals surface area contributed by atoms with E-state index in [0.717, 1.165) is 55.6 Å². The lowest BCUT2D eigenvalue weighted by molar-refractivity contribution is -0.898. The number of halogens is 1. The molecule has 6 nitrogen and oxygen atoms in total. The van der Waals surface area contributed by atoms with Crippen LogP contribution < -0.4 is 9.80 Å². The van der Waals surface area contributed by atoms with Crippen LogP contribution in [0.5, 0.6) is 0 Å². The number of anilines is 1. The summed E-state index contributed by atoms with van der Waals surface area (Å²) >= 11 is 0. The number of aryl methyl sites for hydroxylation is 1. The van der Waals surface area contributed by atoms with Gasteiger partial charge in [-0.15, -0.1) is 0 Å². The number of nitrogens with zero attached hydrogens (tertiary/aromatic N) is 4. The van der Waals surface area contributed by atoms with Gasteiger partial charge in [0.1, 0.15) is 17.5 Å². The molecule has 1 N–H and O–H groups in total. The van der Waals surface area contributed by atoms with E-state index in [1.807, 2.05) is 6.92 Å². The number of amides is 1. The van der Waals surface area contributed by atoms with Crippen molar-refractivity contribution in [3.05, 3.63) is 52.7 Å². The molecule has 1 amide bonds. The van der Waals surface area contributed by atoms with Crippen molar-refractivity contribution in [1.82, 2.24) is 14.9 Å². The SMILES string of the molecule is CC[NH+]1CCN(c2nc(C)nc3c2CN(C(=O)c2cccc(F)c2)CC3)CC1. The molecule has 0 radical (unpaired) electrons. The molecule has 28 heavy (non-hydrogen) atoms. The molecule has 0 spiro atoms. The first kappa shape index (κ1) is 18.8. The number of quaternary nitrogens is 1. The van der Waals surface area contributed by atoms with E-state index >= 15 is 0 Å². The van der Waals surface area contributed by atoms with Gasteiger partial charge in [0.15, 0.2) is 0 Å². The molecule has 0 unspecified atom stereocenters. The number of carbonyl (C=O) groups is 1. The Kier molecular flexibility index (Phi) is 5.26. The van der Waals surface area contributed by atoms with E-state index in [4.69, 9.17) is 4.98 Å². The predicted octanol–water partition coefficient (Wildman–Crippen LogP) is 0.847. The van der Waals surface area contributed by atoms with Crippen LogP contribution in [0.2, 0.25) is 0 Å².